The molecule has 0 aromatic carbocycles. The zero-order valence-electron chi connectivity index (χ0n) is 7.75. The van der Waals surface area contributed by atoms with Crippen LogP contribution in [0.5, 0.6) is 0 Å². The molecule has 82 valence electrons. The molecule has 0 N–H and O–H groups in total. The Balaban J connectivity index is 0.00000112. The van der Waals surface area contributed by atoms with Crippen LogP contribution < -0.4 is 0 Å². The Labute approximate surface area is 116 Å². The molecule has 0 spiro atoms. The molecule has 0 atom stereocenters. The summed E-state index contributed by atoms with van der Waals surface area (Å²) >= 11 is 15.0. The number of hydrogen-bond donors (Lipinski definition) is 0. The molecule has 2 aromatic rings. The van der Waals surface area contributed by atoms with Crippen molar-refractivity contribution < 1.29 is 0 Å². The predicted molar refractivity (Wildman–Crippen MR) is 72.4 cm³/mol. The number of alkyl halides is 2. The highest BCUT2D eigenvalue weighted by molar-refractivity contribution is 9.10. The third-order valence-electron chi connectivity index (χ3n) is 1.94. The fourth-order valence-electron chi connectivity index (χ4n) is 1.28. The van der Waals surface area contributed by atoms with Gasteiger partial charge in [0.15, 0.2) is 4.84 Å². The average molecular weight is 375 g/mol. The van der Waals surface area contributed by atoms with Crippen molar-refractivity contribution in [1.82, 2.24) is 9.38 Å². The van der Waals surface area contributed by atoms with Gasteiger partial charge in [0.2, 0.25) is 0 Å². The second-order valence-electron chi connectivity index (χ2n) is 3.02. The van der Waals surface area contributed by atoms with Gasteiger partial charge in [0, 0.05) is 6.20 Å². The summed E-state index contributed by atoms with van der Waals surface area (Å²) in [5.74, 6) is 0. The second kappa shape index (κ2) is 5.04. The van der Waals surface area contributed by atoms with Gasteiger partial charge in [-0.2, -0.15) is 0 Å². The lowest BCUT2D eigenvalue weighted by Gasteiger charge is -1.97. The highest BCUT2D eigenvalue weighted by Crippen LogP contribution is 2.31. The maximum Gasteiger partial charge on any atom is 0.152 e. The Hall–Kier alpha value is 0.230. The van der Waals surface area contributed by atoms with Gasteiger partial charge in [0.05, 0.1) is 0 Å². The molecule has 0 saturated carbocycles. The van der Waals surface area contributed by atoms with Gasteiger partial charge < -0.3 is 0 Å². The Morgan fingerprint density at radius 3 is 2.67 bits per heavy atom. The van der Waals surface area contributed by atoms with Gasteiger partial charge in [-0.15, -0.1) is 17.0 Å². The van der Waals surface area contributed by atoms with Crippen LogP contribution >= 0.6 is 56.1 Å². The van der Waals surface area contributed by atoms with E-state index in [0.29, 0.717) is 5.69 Å². The first-order valence-electron chi connectivity index (χ1n) is 4.02. The van der Waals surface area contributed by atoms with Crippen molar-refractivity contribution >= 4 is 61.8 Å². The van der Waals surface area contributed by atoms with Crippen molar-refractivity contribution in [3.8, 4) is 0 Å². The molecule has 15 heavy (non-hydrogen) atoms. The predicted octanol–water partition coefficient (Wildman–Crippen LogP) is 4.46. The van der Waals surface area contributed by atoms with Crippen LogP contribution in [0.15, 0.2) is 22.9 Å². The van der Waals surface area contributed by atoms with Gasteiger partial charge >= 0.3 is 0 Å². The van der Waals surface area contributed by atoms with Crippen molar-refractivity contribution in [3.63, 3.8) is 0 Å². The van der Waals surface area contributed by atoms with E-state index in [9.17, 15) is 0 Å². The molecule has 0 amide bonds. The van der Waals surface area contributed by atoms with E-state index in [4.69, 9.17) is 23.2 Å². The molecule has 0 radical (unpaired) electrons. The van der Waals surface area contributed by atoms with E-state index in [0.717, 1.165) is 15.8 Å². The fourth-order valence-corrected chi connectivity index (χ4v) is 2.45. The third kappa shape index (κ3) is 2.49. The van der Waals surface area contributed by atoms with Crippen LogP contribution in [-0.4, -0.2) is 9.38 Å². The Kier molecular flexibility index (Phi) is 4.47. The molecule has 2 aromatic heterocycles. The molecule has 0 aliphatic rings. The van der Waals surface area contributed by atoms with E-state index in [1.165, 1.54) is 0 Å². The van der Waals surface area contributed by atoms with Gasteiger partial charge in [-0.25, -0.2) is 4.98 Å². The van der Waals surface area contributed by atoms with Crippen molar-refractivity contribution in [2.24, 2.45) is 0 Å². The van der Waals surface area contributed by atoms with Crippen LogP contribution in [0.1, 0.15) is 16.1 Å². The topological polar surface area (TPSA) is 17.3 Å². The molecule has 0 saturated heterocycles. The van der Waals surface area contributed by atoms with Gasteiger partial charge in [-0.3, -0.25) is 4.40 Å². The number of fused-ring (bicyclic) bond motifs is 1. The highest BCUT2D eigenvalue weighted by atomic mass is 79.9. The zero-order chi connectivity index (χ0) is 10.3. The normalized spacial score (nSPS) is 10.7. The van der Waals surface area contributed by atoms with Gasteiger partial charge in [0.25, 0.3) is 0 Å². The molecule has 0 fully saturated rings. The molecule has 2 heterocycles. The smallest absolute Gasteiger partial charge is 0.152 e. The summed E-state index contributed by atoms with van der Waals surface area (Å²) in [5.41, 5.74) is 2.64. The molecule has 0 aliphatic heterocycles. The van der Waals surface area contributed by atoms with Crippen LogP contribution in [0.4, 0.5) is 0 Å². The summed E-state index contributed by atoms with van der Waals surface area (Å²) < 4.78 is 2.73. The summed E-state index contributed by atoms with van der Waals surface area (Å²) in [7, 11) is 0. The number of pyridine rings is 1. The van der Waals surface area contributed by atoms with E-state index in [1.807, 2.05) is 29.7 Å². The summed E-state index contributed by atoms with van der Waals surface area (Å²) in [6.45, 7) is 2.02. The molecule has 2 nitrogen and oxygen atoms in total. The fraction of sp³-hybridized carbons (Fsp3) is 0.222. The van der Waals surface area contributed by atoms with E-state index >= 15 is 0 Å². The molecular weight excluding hydrogens is 367 g/mol. The van der Waals surface area contributed by atoms with Crippen molar-refractivity contribution in [3.05, 3.63) is 34.2 Å². The first-order chi connectivity index (χ1) is 6.59. The SMILES string of the molecule is Br.Cc1ccc2nc(C(Cl)Cl)c(Br)n2c1. The number of hydrogen-bond acceptors (Lipinski definition) is 1. The number of halogens is 4. The molecule has 0 aliphatic carbocycles. The van der Waals surface area contributed by atoms with Crippen molar-refractivity contribution in [2.75, 3.05) is 0 Å². The van der Waals surface area contributed by atoms with Crippen molar-refractivity contribution in [2.45, 2.75) is 11.8 Å². The van der Waals surface area contributed by atoms with Crippen LogP contribution in [0, 0.1) is 6.92 Å². The van der Waals surface area contributed by atoms with Crippen LogP contribution in [0.25, 0.3) is 5.65 Å². The van der Waals surface area contributed by atoms with Crippen molar-refractivity contribution in [1.29, 1.82) is 0 Å². The van der Waals surface area contributed by atoms with Gasteiger partial charge in [0.1, 0.15) is 15.9 Å². The first kappa shape index (κ1) is 13.3. The quantitative estimate of drug-likeness (QED) is 0.674. The lowest BCUT2D eigenvalue weighted by Crippen LogP contribution is -1.86. The standard InChI is InChI=1S/C9H7BrCl2N2.BrH/c1-5-2-3-6-13-7(9(11)12)8(10)14(6)4-5;/h2-4,9H,1H3;1H. The number of nitrogens with zero attached hydrogens (tertiary/aromatic N) is 2. The van der Waals surface area contributed by atoms with E-state index in [2.05, 4.69) is 20.9 Å². The average Bonchev–Trinajstić information content (AvgIpc) is 2.44. The summed E-state index contributed by atoms with van der Waals surface area (Å²) in [5, 5.41) is 0. The largest absolute Gasteiger partial charge is 0.294 e. The first-order valence-corrected chi connectivity index (χ1v) is 5.68. The van der Waals surface area contributed by atoms with Crippen LogP contribution in [0.2, 0.25) is 0 Å². The molecular formula is C9H8Br2Cl2N2. The van der Waals surface area contributed by atoms with Crippen LogP contribution in [-0.2, 0) is 0 Å². The van der Waals surface area contributed by atoms with Crippen LogP contribution in [0.3, 0.4) is 0 Å². The third-order valence-corrected chi connectivity index (χ3v) is 3.14. The number of rotatable bonds is 1. The lowest BCUT2D eigenvalue weighted by molar-refractivity contribution is 1.11. The molecule has 2 rings (SSSR count). The number of aryl methyl sites for hydroxylation is 1. The lowest BCUT2D eigenvalue weighted by atomic mass is 10.3. The minimum Gasteiger partial charge on any atom is -0.294 e. The minimum absolute atomic E-state index is 0. The Bertz CT molecular complexity index is 482. The van der Waals surface area contributed by atoms with E-state index in [1.54, 1.807) is 0 Å². The minimum atomic E-state index is -0.607. The second-order valence-corrected chi connectivity index (χ2v) is 4.87. The number of aromatic nitrogens is 2. The zero-order valence-corrected chi connectivity index (χ0v) is 12.6. The van der Waals surface area contributed by atoms with E-state index in [-0.39, 0.29) is 17.0 Å². The molecule has 0 bridgehead atoms. The summed E-state index contributed by atoms with van der Waals surface area (Å²) in [6.07, 6.45) is 1.98. The maximum absolute atomic E-state index is 5.78. The van der Waals surface area contributed by atoms with Gasteiger partial charge in [-0.1, -0.05) is 29.3 Å². The monoisotopic (exact) mass is 372 g/mol. The number of imidazole rings is 1. The highest BCUT2D eigenvalue weighted by Gasteiger charge is 2.15. The van der Waals surface area contributed by atoms with Gasteiger partial charge in [-0.05, 0) is 34.5 Å². The molecule has 0 unspecified atom stereocenters. The van der Waals surface area contributed by atoms with E-state index < -0.39 is 4.84 Å². The molecule has 6 heteroatoms. The Morgan fingerprint density at radius 2 is 2.07 bits per heavy atom. The summed E-state index contributed by atoms with van der Waals surface area (Å²) in [6, 6.07) is 3.93. The Morgan fingerprint density at radius 1 is 1.40 bits per heavy atom. The summed E-state index contributed by atoms with van der Waals surface area (Å²) in [4.78, 5) is 3.70. The maximum atomic E-state index is 5.78.